The van der Waals surface area contributed by atoms with Crippen molar-refractivity contribution >= 4 is 6.21 Å². The summed E-state index contributed by atoms with van der Waals surface area (Å²) in [7, 11) is 4.14. The molecule has 2 unspecified atom stereocenters. The summed E-state index contributed by atoms with van der Waals surface area (Å²) in [6.07, 6.45) is 6.27. The summed E-state index contributed by atoms with van der Waals surface area (Å²) in [6, 6.07) is 0.468. The van der Waals surface area contributed by atoms with Crippen molar-refractivity contribution in [2.45, 2.75) is 26.8 Å². The van der Waals surface area contributed by atoms with E-state index in [1.54, 1.807) is 0 Å². The number of nitrogens with zero attached hydrogens (tertiary/aromatic N) is 2. The Balaban J connectivity index is 4.05. The predicted molar refractivity (Wildman–Crippen MR) is 64.8 cm³/mol. The Kier molecular flexibility index (Phi) is 6.13. The maximum atomic E-state index is 4.16. The van der Waals surface area contributed by atoms with Gasteiger partial charge in [-0.2, -0.15) is 0 Å². The standard InChI is InChI=1S/C12H22N2/c1-10(2)13-9-11(3)7-8-12(4)14(5)6/h7-9,11-12H,1H2,2-6H3. The van der Waals surface area contributed by atoms with Crippen LogP contribution >= 0.6 is 0 Å². The molecule has 0 amide bonds. The summed E-state index contributed by atoms with van der Waals surface area (Å²) >= 11 is 0. The van der Waals surface area contributed by atoms with E-state index in [9.17, 15) is 0 Å². The van der Waals surface area contributed by atoms with Gasteiger partial charge in [-0.15, -0.1) is 0 Å². The Morgan fingerprint density at radius 2 is 1.86 bits per heavy atom. The molecule has 0 radical (unpaired) electrons. The van der Waals surface area contributed by atoms with E-state index in [1.807, 2.05) is 13.1 Å². The summed E-state index contributed by atoms with van der Waals surface area (Å²) in [5.74, 6) is 0.370. The van der Waals surface area contributed by atoms with E-state index in [1.165, 1.54) is 0 Å². The van der Waals surface area contributed by atoms with Crippen molar-refractivity contribution in [3.8, 4) is 0 Å². The van der Waals surface area contributed by atoms with Crippen molar-refractivity contribution in [1.82, 2.24) is 4.90 Å². The second-order valence-corrected chi connectivity index (χ2v) is 3.96. The molecule has 0 aliphatic rings. The van der Waals surface area contributed by atoms with Gasteiger partial charge in [0.1, 0.15) is 0 Å². The third-order valence-electron chi connectivity index (χ3n) is 2.04. The Morgan fingerprint density at radius 1 is 1.29 bits per heavy atom. The largest absolute Gasteiger partial charge is 0.303 e. The number of rotatable bonds is 5. The first-order chi connectivity index (χ1) is 6.43. The maximum absolute atomic E-state index is 4.16. The van der Waals surface area contributed by atoms with Gasteiger partial charge < -0.3 is 4.90 Å². The van der Waals surface area contributed by atoms with Crippen LogP contribution in [0, 0.1) is 5.92 Å². The lowest BCUT2D eigenvalue weighted by molar-refractivity contribution is 0.363. The Morgan fingerprint density at radius 3 is 2.29 bits per heavy atom. The summed E-state index contributed by atoms with van der Waals surface area (Å²) in [5, 5.41) is 0. The SMILES string of the molecule is C=C(C)N=CC(C)C=CC(C)N(C)C. The molecular formula is C12H22N2. The third-order valence-corrected chi connectivity index (χ3v) is 2.04. The first kappa shape index (κ1) is 13.1. The van der Waals surface area contributed by atoms with Crippen LogP contribution in [-0.4, -0.2) is 31.3 Å². The van der Waals surface area contributed by atoms with Crippen molar-refractivity contribution in [3.63, 3.8) is 0 Å². The predicted octanol–water partition coefficient (Wildman–Crippen LogP) is 2.73. The van der Waals surface area contributed by atoms with Crippen molar-refractivity contribution in [3.05, 3.63) is 24.4 Å². The van der Waals surface area contributed by atoms with Crippen LogP contribution in [0.4, 0.5) is 0 Å². The molecule has 0 aromatic heterocycles. The van der Waals surface area contributed by atoms with E-state index in [0.717, 1.165) is 5.70 Å². The molecule has 2 nitrogen and oxygen atoms in total. The van der Waals surface area contributed by atoms with Gasteiger partial charge in [-0.1, -0.05) is 25.7 Å². The molecule has 0 bridgehead atoms. The van der Waals surface area contributed by atoms with Gasteiger partial charge in [0.2, 0.25) is 0 Å². The van der Waals surface area contributed by atoms with E-state index in [2.05, 4.69) is 56.6 Å². The average molecular weight is 194 g/mol. The van der Waals surface area contributed by atoms with Gasteiger partial charge in [0.15, 0.2) is 0 Å². The second kappa shape index (κ2) is 6.55. The van der Waals surface area contributed by atoms with Gasteiger partial charge in [0.25, 0.3) is 0 Å². The Bertz CT molecular complexity index is 226. The van der Waals surface area contributed by atoms with Crippen LogP contribution in [0.5, 0.6) is 0 Å². The topological polar surface area (TPSA) is 15.6 Å². The molecule has 0 aliphatic carbocycles. The van der Waals surface area contributed by atoms with Crippen LogP contribution in [0.15, 0.2) is 29.4 Å². The molecule has 0 fully saturated rings. The normalized spacial score (nSPS) is 16.7. The minimum atomic E-state index is 0.370. The fraction of sp³-hybridized carbons (Fsp3) is 0.583. The molecular weight excluding hydrogens is 172 g/mol. The summed E-state index contributed by atoms with van der Waals surface area (Å²) in [4.78, 5) is 6.33. The summed E-state index contributed by atoms with van der Waals surface area (Å²) in [6.45, 7) is 9.90. The number of hydrogen-bond acceptors (Lipinski definition) is 2. The first-order valence-corrected chi connectivity index (χ1v) is 4.98. The highest BCUT2D eigenvalue weighted by atomic mass is 15.1. The number of likely N-dealkylation sites (N-methyl/N-ethyl adjacent to an activating group) is 1. The van der Waals surface area contributed by atoms with Crippen molar-refractivity contribution in [1.29, 1.82) is 0 Å². The Labute approximate surface area is 88.0 Å². The number of allylic oxidation sites excluding steroid dienone is 2. The van der Waals surface area contributed by atoms with Crippen LogP contribution < -0.4 is 0 Å². The first-order valence-electron chi connectivity index (χ1n) is 4.98. The zero-order chi connectivity index (χ0) is 11.1. The van der Waals surface area contributed by atoms with E-state index < -0.39 is 0 Å². The lowest BCUT2D eigenvalue weighted by Gasteiger charge is -2.15. The van der Waals surface area contributed by atoms with E-state index in [0.29, 0.717) is 12.0 Å². The van der Waals surface area contributed by atoms with Crippen LogP contribution in [0.2, 0.25) is 0 Å². The molecule has 0 N–H and O–H groups in total. The molecule has 0 saturated heterocycles. The fourth-order valence-electron chi connectivity index (χ4n) is 0.803. The lowest BCUT2D eigenvalue weighted by atomic mass is 10.1. The molecule has 0 spiro atoms. The van der Waals surface area contributed by atoms with Gasteiger partial charge in [0, 0.05) is 23.9 Å². The molecule has 0 aromatic rings. The highest BCUT2D eigenvalue weighted by Gasteiger charge is 1.98. The zero-order valence-electron chi connectivity index (χ0n) is 9.99. The highest BCUT2D eigenvalue weighted by Crippen LogP contribution is 2.00. The second-order valence-electron chi connectivity index (χ2n) is 3.96. The minimum absolute atomic E-state index is 0.370. The summed E-state index contributed by atoms with van der Waals surface area (Å²) < 4.78 is 0. The van der Waals surface area contributed by atoms with Crippen molar-refractivity contribution in [2.75, 3.05) is 14.1 Å². The minimum Gasteiger partial charge on any atom is -0.303 e. The number of hydrogen-bond donors (Lipinski definition) is 0. The van der Waals surface area contributed by atoms with Crippen molar-refractivity contribution in [2.24, 2.45) is 10.9 Å². The van der Waals surface area contributed by atoms with E-state index in [-0.39, 0.29) is 0 Å². The molecule has 0 saturated carbocycles. The molecule has 0 aliphatic heterocycles. The van der Waals surface area contributed by atoms with Crippen LogP contribution in [0.25, 0.3) is 0 Å². The van der Waals surface area contributed by atoms with E-state index in [4.69, 9.17) is 0 Å². The smallest absolute Gasteiger partial charge is 0.0297 e. The molecule has 0 rings (SSSR count). The van der Waals surface area contributed by atoms with Gasteiger partial charge >= 0.3 is 0 Å². The molecule has 14 heavy (non-hydrogen) atoms. The quantitative estimate of drug-likeness (QED) is 0.485. The average Bonchev–Trinajstić information content (AvgIpc) is 2.10. The lowest BCUT2D eigenvalue weighted by Crippen LogP contribution is -2.22. The van der Waals surface area contributed by atoms with Gasteiger partial charge in [-0.25, -0.2) is 0 Å². The molecule has 2 atom stereocenters. The highest BCUT2D eigenvalue weighted by molar-refractivity contribution is 5.63. The summed E-state index contributed by atoms with van der Waals surface area (Å²) in [5.41, 5.74) is 0.853. The molecule has 0 aromatic carbocycles. The van der Waals surface area contributed by atoms with Crippen LogP contribution in [0.1, 0.15) is 20.8 Å². The van der Waals surface area contributed by atoms with Crippen LogP contribution in [0.3, 0.4) is 0 Å². The zero-order valence-corrected chi connectivity index (χ0v) is 9.99. The van der Waals surface area contributed by atoms with Gasteiger partial charge in [-0.3, -0.25) is 4.99 Å². The Hall–Kier alpha value is -0.890. The molecule has 2 heteroatoms. The fourth-order valence-corrected chi connectivity index (χ4v) is 0.803. The van der Waals surface area contributed by atoms with E-state index >= 15 is 0 Å². The number of aliphatic imine (C=N–C) groups is 1. The molecule has 80 valence electrons. The van der Waals surface area contributed by atoms with Crippen LogP contribution in [-0.2, 0) is 0 Å². The van der Waals surface area contributed by atoms with Gasteiger partial charge in [-0.05, 0) is 27.9 Å². The maximum Gasteiger partial charge on any atom is 0.0297 e. The van der Waals surface area contributed by atoms with Crippen molar-refractivity contribution < 1.29 is 0 Å². The molecule has 0 heterocycles. The monoisotopic (exact) mass is 194 g/mol. The third kappa shape index (κ3) is 6.61. The van der Waals surface area contributed by atoms with Gasteiger partial charge in [0.05, 0.1) is 0 Å².